The van der Waals surface area contributed by atoms with Crippen molar-refractivity contribution in [2.45, 2.75) is 22.7 Å². The fourth-order valence-corrected chi connectivity index (χ4v) is 6.97. The summed E-state index contributed by atoms with van der Waals surface area (Å²) in [6.07, 6.45) is 0.225. The number of aliphatic hydroxyl groups is 1. The average Bonchev–Trinajstić information content (AvgIpc) is 3.36. The van der Waals surface area contributed by atoms with Gasteiger partial charge in [-0.2, -0.15) is 4.31 Å². The normalized spacial score (nSPS) is 17.4. The highest BCUT2D eigenvalue weighted by Gasteiger charge is 2.40. The van der Waals surface area contributed by atoms with Gasteiger partial charge in [0.25, 0.3) is 0 Å². The van der Waals surface area contributed by atoms with Crippen molar-refractivity contribution in [3.63, 3.8) is 0 Å². The molecule has 0 bridgehead atoms. The van der Waals surface area contributed by atoms with Crippen LogP contribution >= 0.6 is 11.8 Å². The SMILES string of the molecule is O=C(N[C@@H](CCO)c1ccc(F)cc1)C1SCCN1S(=O)(=O)c1ccc(-c2ccccc2)cc1. The van der Waals surface area contributed by atoms with Gasteiger partial charge in [-0.1, -0.05) is 54.6 Å². The van der Waals surface area contributed by atoms with E-state index in [9.17, 15) is 22.7 Å². The second-order valence-electron chi connectivity index (χ2n) is 7.85. The van der Waals surface area contributed by atoms with Crippen LogP contribution in [0.2, 0.25) is 0 Å². The predicted molar refractivity (Wildman–Crippen MR) is 131 cm³/mol. The fraction of sp³-hybridized carbons (Fsp3) is 0.240. The summed E-state index contributed by atoms with van der Waals surface area (Å²) in [5, 5.41) is 11.3. The number of aliphatic hydroxyl groups excluding tert-OH is 1. The molecule has 9 heteroatoms. The largest absolute Gasteiger partial charge is 0.396 e. The zero-order valence-electron chi connectivity index (χ0n) is 18.3. The van der Waals surface area contributed by atoms with Gasteiger partial charge >= 0.3 is 0 Å². The molecule has 1 unspecified atom stereocenters. The molecular weight excluding hydrogens is 475 g/mol. The molecule has 3 aromatic carbocycles. The lowest BCUT2D eigenvalue weighted by Gasteiger charge is -2.25. The quantitative estimate of drug-likeness (QED) is 0.492. The number of halogens is 1. The first-order valence-electron chi connectivity index (χ1n) is 10.9. The molecule has 0 saturated carbocycles. The second-order valence-corrected chi connectivity index (χ2v) is 10.9. The van der Waals surface area contributed by atoms with Gasteiger partial charge in [0.05, 0.1) is 10.9 Å². The van der Waals surface area contributed by atoms with Crippen molar-refractivity contribution in [1.29, 1.82) is 0 Å². The average molecular weight is 501 g/mol. The Hall–Kier alpha value is -2.72. The first-order valence-corrected chi connectivity index (χ1v) is 13.3. The summed E-state index contributed by atoms with van der Waals surface area (Å²) in [5.41, 5.74) is 2.52. The van der Waals surface area contributed by atoms with Gasteiger partial charge in [-0.25, -0.2) is 12.8 Å². The number of sulfonamides is 1. The Kier molecular flexibility index (Phi) is 7.67. The van der Waals surface area contributed by atoms with Gasteiger partial charge < -0.3 is 10.4 Å². The van der Waals surface area contributed by atoms with E-state index >= 15 is 0 Å². The third-order valence-electron chi connectivity index (χ3n) is 5.65. The summed E-state index contributed by atoms with van der Waals surface area (Å²) in [6, 6.07) is 21.4. The number of benzene rings is 3. The maximum absolute atomic E-state index is 13.4. The third kappa shape index (κ3) is 5.33. The van der Waals surface area contributed by atoms with Gasteiger partial charge in [-0.3, -0.25) is 4.79 Å². The number of rotatable bonds is 8. The van der Waals surface area contributed by atoms with E-state index < -0.39 is 33.2 Å². The lowest BCUT2D eigenvalue weighted by molar-refractivity contribution is -0.123. The molecular formula is C25H25FN2O4S2. The molecule has 0 radical (unpaired) electrons. The molecule has 1 aliphatic heterocycles. The first kappa shape index (κ1) is 24.4. The minimum Gasteiger partial charge on any atom is -0.396 e. The van der Waals surface area contributed by atoms with Crippen LogP contribution in [0, 0.1) is 5.82 Å². The molecule has 2 N–H and O–H groups in total. The summed E-state index contributed by atoms with van der Waals surface area (Å²) in [5.74, 6) is -0.379. The Labute approximate surface area is 202 Å². The monoisotopic (exact) mass is 500 g/mol. The van der Waals surface area contributed by atoms with Gasteiger partial charge in [0.15, 0.2) is 0 Å². The Balaban J connectivity index is 1.52. The number of hydrogen-bond acceptors (Lipinski definition) is 5. The van der Waals surface area contributed by atoms with Crippen LogP contribution in [0.15, 0.2) is 83.8 Å². The molecule has 0 spiro atoms. The number of amides is 1. The fourth-order valence-electron chi connectivity index (χ4n) is 3.88. The van der Waals surface area contributed by atoms with Crippen molar-refractivity contribution in [3.05, 3.63) is 90.2 Å². The van der Waals surface area contributed by atoms with E-state index in [0.29, 0.717) is 11.3 Å². The molecule has 1 aliphatic rings. The molecule has 34 heavy (non-hydrogen) atoms. The van der Waals surface area contributed by atoms with Gasteiger partial charge in [-0.05, 0) is 47.4 Å². The van der Waals surface area contributed by atoms with Crippen LogP contribution in [0.4, 0.5) is 4.39 Å². The molecule has 6 nitrogen and oxygen atoms in total. The second kappa shape index (κ2) is 10.7. The van der Waals surface area contributed by atoms with E-state index in [1.807, 2.05) is 30.3 Å². The van der Waals surface area contributed by atoms with E-state index in [0.717, 1.165) is 11.1 Å². The lowest BCUT2D eigenvalue weighted by atomic mass is 10.0. The first-order chi connectivity index (χ1) is 16.4. The Morgan fingerprint density at radius 1 is 1.03 bits per heavy atom. The molecule has 2 atom stereocenters. The minimum atomic E-state index is -3.90. The van der Waals surface area contributed by atoms with Crippen molar-refractivity contribution in [2.24, 2.45) is 0 Å². The molecule has 3 aromatic rings. The predicted octanol–water partition coefficient (Wildman–Crippen LogP) is 3.80. The maximum Gasteiger partial charge on any atom is 0.249 e. The molecule has 1 heterocycles. The van der Waals surface area contributed by atoms with Gasteiger partial charge in [0.1, 0.15) is 11.2 Å². The van der Waals surface area contributed by atoms with Crippen molar-refractivity contribution in [3.8, 4) is 11.1 Å². The van der Waals surface area contributed by atoms with Crippen molar-refractivity contribution < 1.29 is 22.7 Å². The van der Waals surface area contributed by atoms with Crippen molar-refractivity contribution in [1.82, 2.24) is 9.62 Å². The Bertz CT molecular complexity index is 1220. The van der Waals surface area contributed by atoms with Gasteiger partial charge in [0, 0.05) is 18.9 Å². The highest BCUT2D eigenvalue weighted by Crippen LogP contribution is 2.32. The number of hydrogen-bond donors (Lipinski definition) is 2. The zero-order chi connectivity index (χ0) is 24.1. The third-order valence-corrected chi connectivity index (χ3v) is 8.86. The Morgan fingerprint density at radius 2 is 1.68 bits per heavy atom. The van der Waals surface area contributed by atoms with E-state index in [1.54, 1.807) is 36.4 Å². The zero-order valence-corrected chi connectivity index (χ0v) is 19.9. The van der Waals surface area contributed by atoms with Crippen LogP contribution in [0.25, 0.3) is 11.1 Å². The van der Waals surface area contributed by atoms with Crippen molar-refractivity contribution in [2.75, 3.05) is 18.9 Å². The number of nitrogens with zero attached hydrogens (tertiary/aromatic N) is 1. The minimum absolute atomic E-state index is 0.123. The van der Waals surface area contributed by atoms with E-state index in [-0.39, 0.29) is 24.5 Å². The van der Waals surface area contributed by atoms with E-state index in [2.05, 4.69) is 5.32 Å². The Morgan fingerprint density at radius 3 is 2.32 bits per heavy atom. The lowest BCUT2D eigenvalue weighted by Crippen LogP contribution is -2.45. The maximum atomic E-state index is 13.4. The number of nitrogens with one attached hydrogen (secondary N) is 1. The van der Waals surface area contributed by atoms with Crippen LogP contribution in [-0.4, -0.2) is 48.0 Å². The van der Waals surface area contributed by atoms with Crippen LogP contribution in [0.3, 0.4) is 0 Å². The molecule has 4 rings (SSSR count). The summed E-state index contributed by atoms with van der Waals surface area (Å²) < 4.78 is 41.2. The number of carbonyl (C=O) groups is 1. The highest BCUT2D eigenvalue weighted by molar-refractivity contribution is 8.02. The molecule has 1 saturated heterocycles. The van der Waals surface area contributed by atoms with Crippen LogP contribution in [0.5, 0.6) is 0 Å². The van der Waals surface area contributed by atoms with Crippen LogP contribution in [-0.2, 0) is 14.8 Å². The molecule has 0 aliphatic carbocycles. The summed E-state index contributed by atoms with van der Waals surface area (Å²) in [6.45, 7) is 0.0304. The van der Waals surface area contributed by atoms with Crippen molar-refractivity contribution >= 4 is 27.7 Å². The molecule has 178 valence electrons. The number of carbonyl (C=O) groups excluding carboxylic acids is 1. The number of thioether (sulfide) groups is 1. The van der Waals surface area contributed by atoms with E-state index in [1.165, 1.54) is 28.2 Å². The summed E-state index contributed by atoms with van der Waals surface area (Å²) >= 11 is 1.25. The summed E-state index contributed by atoms with van der Waals surface area (Å²) in [4.78, 5) is 13.2. The van der Waals surface area contributed by atoms with Crippen LogP contribution < -0.4 is 5.32 Å². The molecule has 1 fully saturated rings. The van der Waals surface area contributed by atoms with Gasteiger partial charge in [-0.15, -0.1) is 11.8 Å². The van der Waals surface area contributed by atoms with Gasteiger partial charge in [0.2, 0.25) is 15.9 Å². The smallest absolute Gasteiger partial charge is 0.249 e. The molecule has 1 amide bonds. The standard InChI is InChI=1S/C25H25FN2O4S2/c26-21-10-6-20(7-11-21)23(14-16-29)27-24(30)25-28(15-17-33-25)34(31,32)22-12-8-19(9-13-22)18-4-2-1-3-5-18/h1-13,23,25,29H,14-17H2,(H,27,30)/t23-,25?/m0/s1. The summed E-state index contributed by atoms with van der Waals surface area (Å²) in [7, 11) is -3.90. The topological polar surface area (TPSA) is 86.7 Å². The highest BCUT2D eigenvalue weighted by atomic mass is 32.2. The van der Waals surface area contributed by atoms with Crippen LogP contribution in [0.1, 0.15) is 18.0 Å². The molecule has 0 aromatic heterocycles. The van der Waals surface area contributed by atoms with E-state index in [4.69, 9.17) is 0 Å².